The van der Waals surface area contributed by atoms with Crippen molar-refractivity contribution in [3.8, 4) is 0 Å². The van der Waals surface area contributed by atoms with Gasteiger partial charge in [0.15, 0.2) is 5.78 Å². The molecule has 6 nitrogen and oxygen atoms in total. The van der Waals surface area contributed by atoms with Gasteiger partial charge in [0, 0.05) is 31.6 Å². The summed E-state index contributed by atoms with van der Waals surface area (Å²) in [4.78, 5) is 27.3. The molecular formula is C35H43F2N3O3. The number of ketones is 1. The van der Waals surface area contributed by atoms with Crippen molar-refractivity contribution in [3.63, 3.8) is 0 Å². The maximum atomic E-state index is 13.9. The van der Waals surface area contributed by atoms with E-state index in [1.807, 2.05) is 36.4 Å². The van der Waals surface area contributed by atoms with Gasteiger partial charge in [-0.05, 0) is 60.0 Å². The third-order valence-electron chi connectivity index (χ3n) is 8.20. The van der Waals surface area contributed by atoms with Crippen molar-refractivity contribution in [2.75, 3.05) is 26.2 Å². The largest absolute Gasteiger partial charge is 0.390 e. The number of nitrogens with one attached hydrogen (secondary N) is 2. The molecule has 3 aromatic carbocycles. The van der Waals surface area contributed by atoms with E-state index in [1.54, 1.807) is 0 Å². The van der Waals surface area contributed by atoms with Gasteiger partial charge in [-0.3, -0.25) is 14.5 Å². The smallest absolute Gasteiger partial charge is 0.217 e. The lowest BCUT2D eigenvalue weighted by molar-refractivity contribution is -0.120. The van der Waals surface area contributed by atoms with E-state index < -0.39 is 29.3 Å². The summed E-state index contributed by atoms with van der Waals surface area (Å²) in [5.41, 5.74) is 2.59. The van der Waals surface area contributed by atoms with Crippen LogP contribution in [0.1, 0.15) is 67.6 Å². The molecule has 230 valence electrons. The van der Waals surface area contributed by atoms with E-state index in [1.165, 1.54) is 24.6 Å². The molecule has 43 heavy (non-hydrogen) atoms. The molecule has 3 unspecified atom stereocenters. The van der Waals surface area contributed by atoms with Crippen molar-refractivity contribution in [3.05, 3.63) is 107 Å². The van der Waals surface area contributed by atoms with Gasteiger partial charge in [-0.25, -0.2) is 8.78 Å². The summed E-state index contributed by atoms with van der Waals surface area (Å²) >= 11 is 0. The van der Waals surface area contributed by atoms with Crippen molar-refractivity contribution in [2.24, 2.45) is 0 Å². The minimum atomic E-state index is -1.06. The lowest BCUT2D eigenvalue weighted by Gasteiger charge is -2.45. The zero-order chi connectivity index (χ0) is 31.2. The van der Waals surface area contributed by atoms with Gasteiger partial charge < -0.3 is 15.7 Å². The average Bonchev–Trinajstić information content (AvgIpc) is 2.95. The Hall–Kier alpha value is -3.46. The molecule has 3 N–H and O–H groups in total. The first kappa shape index (κ1) is 32.5. The van der Waals surface area contributed by atoms with Crippen LogP contribution in [0.5, 0.6) is 0 Å². The SMILES string of the molecule is CC(=O)NC(Cc1cc(F)cc(F)c1)C(O)CNC1(c2cccc(C(C)(C)C)c2)CCCN(CC(=O)c2ccccc2)C1. The molecule has 0 aliphatic carbocycles. The highest BCUT2D eigenvalue weighted by molar-refractivity contribution is 5.97. The third kappa shape index (κ3) is 8.78. The molecular weight excluding hydrogens is 548 g/mol. The molecule has 4 rings (SSSR count). The number of rotatable bonds is 11. The molecule has 0 radical (unpaired) electrons. The zero-order valence-electron chi connectivity index (χ0n) is 25.5. The Labute approximate surface area is 253 Å². The summed E-state index contributed by atoms with van der Waals surface area (Å²) in [6.45, 7) is 9.53. The monoisotopic (exact) mass is 591 g/mol. The van der Waals surface area contributed by atoms with E-state index in [2.05, 4.69) is 54.5 Å². The Bertz CT molecular complexity index is 1390. The maximum Gasteiger partial charge on any atom is 0.217 e. The van der Waals surface area contributed by atoms with E-state index in [0.29, 0.717) is 17.7 Å². The summed E-state index contributed by atoms with van der Waals surface area (Å²) in [5, 5.41) is 17.8. The molecule has 1 fully saturated rings. The summed E-state index contributed by atoms with van der Waals surface area (Å²) < 4.78 is 27.8. The van der Waals surface area contributed by atoms with Crippen LogP contribution in [0, 0.1) is 11.6 Å². The normalized spacial score (nSPS) is 19.0. The minimum Gasteiger partial charge on any atom is -0.390 e. The van der Waals surface area contributed by atoms with Crippen LogP contribution in [0.15, 0.2) is 72.8 Å². The van der Waals surface area contributed by atoms with Gasteiger partial charge in [0.05, 0.1) is 24.2 Å². The van der Waals surface area contributed by atoms with Crippen LogP contribution >= 0.6 is 0 Å². The number of benzene rings is 3. The second kappa shape index (κ2) is 13.9. The number of carbonyl (C=O) groups is 2. The summed E-state index contributed by atoms with van der Waals surface area (Å²) in [7, 11) is 0. The quantitative estimate of drug-likeness (QED) is 0.269. The van der Waals surface area contributed by atoms with E-state index in [9.17, 15) is 23.5 Å². The molecule has 3 aromatic rings. The minimum absolute atomic E-state index is 0.0490. The second-order valence-electron chi connectivity index (χ2n) is 12.8. The molecule has 1 aliphatic rings. The van der Waals surface area contributed by atoms with Crippen LogP contribution in [-0.2, 0) is 22.2 Å². The van der Waals surface area contributed by atoms with Crippen LogP contribution in [0.3, 0.4) is 0 Å². The fourth-order valence-electron chi connectivity index (χ4n) is 5.93. The predicted octanol–water partition coefficient (Wildman–Crippen LogP) is 5.13. The molecule has 0 spiro atoms. The molecule has 3 atom stereocenters. The van der Waals surface area contributed by atoms with Crippen LogP contribution in [-0.4, -0.2) is 60.0 Å². The number of aliphatic hydroxyl groups is 1. The number of halogens is 2. The molecule has 0 bridgehead atoms. The second-order valence-corrected chi connectivity index (χ2v) is 12.8. The van der Waals surface area contributed by atoms with Crippen LogP contribution in [0.2, 0.25) is 0 Å². The van der Waals surface area contributed by atoms with E-state index >= 15 is 0 Å². The van der Waals surface area contributed by atoms with Gasteiger partial charge in [0.25, 0.3) is 0 Å². The molecule has 0 aromatic heterocycles. The first-order valence-electron chi connectivity index (χ1n) is 14.9. The number of likely N-dealkylation sites (tertiary alicyclic amines) is 1. The van der Waals surface area contributed by atoms with Gasteiger partial charge >= 0.3 is 0 Å². The van der Waals surface area contributed by atoms with Crippen LogP contribution < -0.4 is 10.6 Å². The number of carbonyl (C=O) groups excluding carboxylic acids is 2. The Morgan fingerprint density at radius 3 is 2.35 bits per heavy atom. The number of aliphatic hydroxyl groups excluding tert-OH is 1. The Morgan fingerprint density at radius 1 is 1.00 bits per heavy atom. The van der Waals surface area contributed by atoms with Gasteiger partial charge in [-0.1, -0.05) is 75.4 Å². The summed E-state index contributed by atoms with van der Waals surface area (Å²) in [6, 6.07) is 20.1. The van der Waals surface area contributed by atoms with Crippen LogP contribution in [0.25, 0.3) is 0 Å². The standard InChI is InChI=1S/C35H43F2N3O3/c1-24(41)39-31(18-25-16-29(36)20-30(37)17-25)32(42)21-38-35(28-13-8-12-27(19-28)34(2,3)4)14-9-15-40(23-35)22-33(43)26-10-6-5-7-11-26/h5-8,10-13,16-17,19-20,31-32,38,42H,9,14-15,18,21-23H2,1-4H3,(H,39,41). The zero-order valence-corrected chi connectivity index (χ0v) is 25.5. The lowest BCUT2D eigenvalue weighted by Crippen LogP contribution is -2.58. The van der Waals surface area contributed by atoms with Crippen LogP contribution in [0.4, 0.5) is 8.78 Å². The number of hydrogen-bond acceptors (Lipinski definition) is 5. The van der Waals surface area contributed by atoms with Gasteiger partial charge in [-0.2, -0.15) is 0 Å². The molecule has 1 amide bonds. The maximum absolute atomic E-state index is 13.9. The van der Waals surface area contributed by atoms with Crippen molar-refractivity contribution >= 4 is 11.7 Å². The van der Waals surface area contributed by atoms with Gasteiger partial charge in [0.1, 0.15) is 11.6 Å². The molecule has 1 aliphatic heterocycles. The van der Waals surface area contributed by atoms with Crippen molar-refractivity contribution in [2.45, 2.75) is 70.1 Å². The Balaban J connectivity index is 1.60. The number of Topliss-reactive ketones (excluding diaryl/α,β-unsaturated/α-hetero) is 1. The molecule has 0 saturated carbocycles. The van der Waals surface area contributed by atoms with E-state index in [0.717, 1.165) is 31.0 Å². The Morgan fingerprint density at radius 2 is 1.70 bits per heavy atom. The highest BCUT2D eigenvalue weighted by Gasteiger charge is 2.39. The van der Waals surface area contributed by atoms with E-state index in [4.69, 9.17) is 0 Å². The number of amides is 1. The summed E-state index contributed by atoms with van der Waals surface area (Å²) in [6.07, 6.45) is 0.618. The molecule has 8 heteroatoms. The highest BCUT2D eigenvalue weighted by atomic mass is 19.1. The fraction of sp³-hybridized carbons (Fsp3) is 0.429. The lowest BCUT2D eigenvalue weighted by atomic mass is 9.78. The number of hydrogen-bond donors (Lipinski definition) is 3. The van der Waals surface area contributed by atoms with Crippen molar-refractivity contribution < 1.29 is 23.5 Å². The predicted molar refractivity (Wildman–Crippen MR) is 165 cm³/mol. The van der Waals surface area contributed by atoms with Gasteiger partial charge in [0.2, 0.25) is 5.91 Å². The van der Waals surface area contributed by atoms with E-state index in [-0.39, 0.29) is 36.6 Å². The number of piperidine rings is 1. The van der Waals surface area contributed by atoms with Crippen molar-refractivity contribution in [1.29, 1.82) is 0 Å². The molecule has 1 saturated heterocycles. The van der Waals surface area contributed by atoms with Gasteiger partial charge in [-0.15, -0.1) is 0 Å². The van der Waals surface area contributed by atoms with Crippen molar-refractivity contribution in [1.82, 2.24) is 15.5 Å². The highest BCUT2D eigenvalue weighted by Crippen LogP contribution is 2.34. The fourth-order valence-corrected chi connectivity index (χ4v) is 5.93. The topological polar surface area (TPSA) is 81.7 Å². The summed E-state index contributed by atoms with van der Waals surface area (Å²) in [5.74, 6) is -1.73. The molecule has 1 heterocycles. The first-order chi connectivity index (χ1) is 20.3. The number of nitrogens with zero attached hydrogens (tertiary/aromatic N) is 1. The first-order valence-corrected chi connectivity index (χ1v) is 14.9. The third-order valence-corrected chi connectivity index (χ3v) is 8.20. The Kier molecular flexibility index (Phi) is 10.5. The average molecular weight is 592 g/mol.